The van der Waals surface area contributed by atoms with Crippen LogP contribution < -0.4 is 0 Å². The fourth-order valence-electron chi connectivity index (χ4n) is 0.955. The Morgan fingerprint density at radius 1 is 1.27 bits per heavy atom. The highest BCUT2D eigenvalue weighted by molar-refractivity contribution is 5.85. The summed E-state index contributed by atoms with van der Waals surface area (Å²) in [5.41, 5.74) is 1.19. The maximum atomic E-state index is 9.01. The number of benzene rings is 1. The van der Waals surface area contributed by atoms with Gasteiger partial charge < -0.3 is 5.11 Å². The minimum atomic E-state index is -0.234. The molecule has 0 saturated carbocycles. The van der Waals surface area contributed by atoms with Crippen LogP contribution in [0.3, 0.4) is 0 Å². The van der Waals surface area contributed by atoms with Crippen molar-refractivity contribution < 1.29 is 5.11 Å². The van der Waals surface area contributed by atoms with Crippen LogP contribution in [-0.4, -0.2) is 11.2 Å². The molecule has 1 unspecified atom stereocenters. The van der Waals surface area contributed by atoms with Crippen molar-refractivity contribution in [2.45, 2.75) is 19.4 Å². The number of hydrogen-bond donors (Lipinski definition) is 1. The predicted molar refractivity (Wildman–Crippen MR) is 49.1 cm³/mol. The molecule has 1 aromatic carbocycles. The van der Waals surface area contributed by atoms with Gasteiger partial charge in [0.1, 0.15) is 0 Å². The molecule has 0 heterocycles. The third kappa shape index (κ3) is 4.02. The minimum absolute atomic E-state index is 0. The van der Waals surface area contributed by atoms with E-state index < -0.39 is 0 Å². The summed E-state index contributed by atoms with van der Waals surface area (Å²) in [7, 11) is 0. The lowest BCUT2D eigenvalue weighted by atomic mass is 10.1. The van der Waals surface area contributed by atoms with Gasteiger partial charge in [-0.15, -0.1) is 12.4 Å². The Balaban J connectivity index is 0.000001000. The molecule has 0 aliphatic heterocycles. The summed E-state index contributed by atoms with van der Waals surface area (Å²) < 4.78 is 0. The molecule has 0 bridgehead atoms. The Hall–Kier alpha value is -0.530. The molecule has 0 amide bonds. The van der Waals surface area contributed by atoms with Crippen molar-refractivity contribution in [3.8, 4) is 0 Å². The van der Waals surface area contributed by atoms with E-state index in [-0.39, 0.29) is 18.5 Å². The first kappa shape index (κ1) is 10.5. The zero-order chi connectivity index (χ0) is 7.40. The molecule has 1 nitrogen and oxygen atoms in total. The molecule has 1 rings (SSSR count). The fourth-order valence-corrected chi connectivity index (χ4v) is 0.955. The van der Waals surface area contributed by atoms with Crippen molar-refractivity contribution in [3.63, 3.8) is 0 Å². The Kier molecular flexibility index (Phi) is 4.92. The summed E-state index contributed by atoms with van der Waals surface area (Å²) >= 11 is 0. The summed E-state index contributed by atoms with van der Waals surface area (Å²) in [6, 6.07) is 9.99. The van der Waals surface area contributed by atoms with Crippen LogP contribution in [0.25, 0.3) is 0 Å². The number of aliphatic hydroxyl groups is 1. The molecule has 2 heteroatoms. The number of hydrogen-bond acceptors (Lipinski definition) is 1. The van der Waals surface area contributed by atoms with Gasteiger partial charge in [-0.1, -0.05) is 30.3 Å². The van der Waals surface area contributed by atoms with Gasteiger partial charge in [-0.3, -0.25) is 0 Å². The van der Waals surface area contributed by atoms with Gasteiger partial charge in [-0.05, 0) is 18.9 Å². The third-order valence-corrected chi connectivity index (χ3v) is 1.37. The summed E-state index contributed by atoms with van der Waals surface area (Å²) in [5, 5.41) is 9.01. The second-order valence-electron chi connectivity index (χ2n) is 2.54. The molecule has 0 fully saturated rings. The standard InChI is InChI=1S/C9H12O.ClH/c1-8(10)7-9-5-3-2-4-6-9;/h2-6,8,10H,7H2,1H3;1H. The molecule has 0 aliphatic rings. The highest BCUT2D eigenvalue weighted by Crippen LogP contribution is 2.01. The van der Waals surface area contributed by atoms with E-state index in [0.717, 1.165) is 6.42 Å². The lowest BCUT2D eigenvalue weighted by molar-refractivity contribution is 0.195. The molecular formula is C9H13ClO. The first-order valence-electron chi connectivity index (χ1n) is 3.51. The Labute approximate surface area is 73.5 Å². The van der Waals surface area contributed by atoms with Crippen LogP contribution in [0.5, 0.6) is 0 Å². The maximum Gasteiger partial charge on any atom is 0.0552 e. The lowest BCUT2D eigenvalue weighted by Gasteiger charge is -2.01. The molecule has 0 saturated heterocycles. The molecule has 1 N–H and O–H groups in total. The summed E-state index contributed by atoms with van der Waals surface area (Å²) in [6.45, 7) is 1.80. The largest absolute Gasteiger partial charge is 0.393 e. The lowest BCUT2D eigenvalue weighted by Crippen LogP contribution is -2.03. The predicted octanol–water partition coefficient (Wildman–Crippen LogP) is 2.03. The van der Waals surface area contributed by atoms with Gasteiger partial charge in [0.15, 0.2) is 0 Å². The first-order chi connectivity index (χ1) is 4.79. The molecule has 0 aliphatic carbocycles. The van der Waals surface area contributed by atoms with E-state index in [4.69, 9.17) is 5.11 Å². The molecule has 0 aromatic heterocycles. The second-order valence-corrected chi connectivity index (χ2v) is 2.54. The van der Waals surface area contributed by atoms with Crippen molar-refractivity contribution in [3.05, 3.63) is 35.9 Å². The van der Waals surface area contributed by atoms with E-state index >= 15 is 0 Å². The maximum absolute atomic E-state index is 9.01. The van der Waals surface area contributed by atoms with Gasteiger partial charge in [0.2, 0.25) is 0 Å². The van der Waals surface area contributed by atoms with E-state index in [2.05, 4.69) is 0 Å². The van der Waals surface area contributed by atoms with Crippen molar-refractivity contribution in [1.29, 1.82) is 0 Å². The highest BCUT2D eigenvalue weighted by Gasteiger charge is 1.95. The van der Waals surface area contributed by atoms with Crippen LogP contribution in [-0.2, 0) is 6.42 Å². The van der Waals surface area contributed by atoms with Crippen molar-refractivity contribution in [1.82, 2.24) is 0 Å². The number of rotatable bonds is 2. The quantitative estimate of drug-likeness (QED) is 0.724. The van der Waals surface area contributed by atoms with Crippen LogP contribution in [0.15, 0.2) is 30.3 Å². The first-order valence-corrected chi connectivity index (χ1v) is 3.51. The summed E-state index contributed by atoms with van der Waals surface area (Å²) in [4.78, 5) is 0. The van der Waals surface area contributed by atoms with Gasteiger partial charge in [0, 0.05) is 0 Å². The van der Waals surface area contributed by atoms with E-state index in [1.54, 1.807) is 6.92 Å². The molecule has 1 atom stereocenters. The van der Waals surface area contributed by atoms with Gasteiger partial charge in [0.05, 0.1) is 6.10 Å². The SMILES string of the molecule is CC(O)Cc1ccccc1.Cl. The molecule has 0 spiro atoms. The van der Waals surface area contributed by atoms with Crippen molar-refractivity contribution in [2.75, 3.05) is 0 Å². The smallest absolute Gasteiger partial charge is 0.0552 e. The zero-order valence-corrected chi connectivity index (χ0v) is 7.34. The Bertz CT molecular complexity index is 184. The van der Waals surface area contributed by atoms with Crippen LogP contribution in [0.4, 0.5) is 0 Å². The topological polar surface area (TPSA) is 20.2 Å². The van der Waals surface area contributed by atoms with Gasteiger partial charge in [-0.25, -0.2) is 0 Å². The van der Waals surface area contributed by atoms with E-state index in [1.807, 2.05) is 30.3 Å². The van der Waals surface area contributed by atoms with Crippen LogP contribution in [0.1, 0.15) is 12.5 Å². The van der Waals surface area contributed by atoms with Crippen LogP contribution in [0.2, 0.25) is 0 Å². The molecule has 62 valence electrons. The van der Waals surface area contributed by atoms with Crippen molar-refractivity contribution in [2.24, 2.45) is 0 Å². The summed E-state index contributed by atoms with van der Waals surface area (Å²) in [5.74, 6) is 0. The van der Waals surface area contributed by atoms with Crippen LogP contribution in [0, 0.1) is 0 Å². The van der Waals surface area contributed by atoms with Crippen LogP contribution >= 0.6 is 12.4 Å². The summed E-state index contributed by atoms with van der Waals surface area (Å²) in [6.07, 6.45) is 0.517. The van der Waals surface area contributed by atoms with Crippen molar-refractivity contribution >= 4 is 12.4 Å². The Morgan fingerprint density at radius 2 is 1.82 bits per heavy atom. The average Bonchev–Trinajstić information content (AvgIpc) is 1.88. The molecular weight excluding hydrogens is 160 g/mol. The Morgan fingerprint density at radius 3 is 2.27 bits per heavy atom. The highest BCUT2D eigenvalue weighted by atomic mass is 35.5. The monoisotopic (exact) mass is 172 g/mol. The zero-order valence-electron chi connectivity index (χ0n) is 6.53. The normalized spacial score (nSPS) is 11.8. The fraction of sp³-hybridized carbons (Fsp3) is 0.333. The van der Waals surface area contributed by atoms with E-state index in [9.17, 15) is 0 Å². The number of halogens is 1. The number of aliphatic hydroxyl groups excluding tert-OH is 1. The van der Waals surface area contributed by atoms with Gasteiger partial charge >= 0.3 is 0 Å². The second kappa shape index (κ2) is 5.16. The van der Waals surface area contributed by atoms with E-state index in [0.29, 0.717) is 0 Å². The minimum Gasteiger partial charge on any atom is -0.393 e. The molecule has 0 radical (unpaired) electrons. The van der Waals surface area contributed by atoms with E-state index in [1.165, 1.54) is 5.56 Å². The third-order valence-electron chi connectivity index (χ3n) is 1.37. The van der Waals surface area contributed by atoms with Gasteiger partial charge in [-0.2, -0.15) is 0 Å². The molecule has 11 heavy (non-hydrogen) atoms. The molecule has 1 aromatic rings. The average molecular weight is 173 g/mol. The van der Waals surface area contributed by atoms with Gasteiger partial charge in [0.25, 0.3) is 0 Å².